The van der Waals surface area contributed by atoms with E-state index in [4.69, 9.17) is 6.58 Å². The minimum absolute atomic E-state index is 0.125. The van der Waals surface area contributed by atoms with Crippen LogP contribution in [0.1, 0.15) is 75.6 Å². The number of aryl methyl sites for hydroxylation is 1. The number of benzene rings is 2. The van der Waals surface area contributed by atoms with Crippen LogP contribution in [0.2, 0.25) is 0 Å². The molecule has 4 rings (SSSR count). The van der Waals surface area contributed by atoms with Gasteiger partial charge in [0, 0.05) is 0 Å². The Morgan fingerprint density at radius 2 is 1.69 bits per heavy atom. The molecule has 1 aliphatic carbocycles. The molecule has 0 N–H and O–H groups in total. The molecule has 0 aromatic heterocycles. The van der Waals surface area contributed by atoms with Gasteiger partial charge in [-0.2, -0.15) is 0 Å². The first-order valence-electron chi connectivity index (χ1n) is 12.4. The molecule has 0 radical (unpaired) electrons. The van der Waals surface area contributed by atoms with E-state index < -0.39 is 19.8 Å². The molecular formula is C31H41I. The van der Waals surface area contributed by atoms with E-state index in [0.717, 1.165) is 24.2 Å². The fourth-order valence-corrected chi connectivity index (χ4v) is 13.3. The van der Waals surface area contributed by atoms with Gasteiger partial charge < -0.3 is 0 Å². The number of alkyl halides is 1. The van der Waals surface area contributed by atoms with Crippen molar-refractivity contribution in [3.8, 4) is 0 Å². The van der Waals surface area contributed by atoms with Crippen LogP contribution in [0.3, 0.4) is 0 Å². The summed E-state index contributed by atoms with van der Waals surface area (Å²) in [5, 5.41) is 0. The number of hydrogen-bond acceptors (Lipinski definition) is 0. The standard InChI is InChI=1S/C31H41I/c1-21(2)31(7)20-32(25(6)17-27-13-10-23(4)24(5)16-27)30-19-28(14-15-29(30)31)18-26-11-8-22(3)9-12-26/h8-9,11-12,14-15,19,23-24,27H,1,6,10,13,16-18,20H2,2-5,7H3/t23-,24?,27?,31?/m1/s1. The molecular weight excluding hydrogens is 499 g/mol. The van der Waals surface area contributed by atoms with Crippen LogP contribution in [-0.2, 0) is 11.8 Å². The Kier molecular flexibility index (Phi) is 7.05. The molecule has 0 bridgehead atoms. The molecule has 0 spiro atoms. The van der Waals surface area contributed by atoms with Crippen molar-refractivity contribution in [3.63, 3.8) is 0 Å². The second-order valence-electron chi connectivity index (χ2n) is 10.9. The zero-order valence-corrected chi connectivity index (χ0v) is 23.0. The Balaban J connectivity index is 1.59. The van der Waals surface area contributed by atoms with E-state index >= 15 is 0 Å². The molecule has 0 amide bonds. The van der Waals surface area contributed by atoms with Crippen LogP contribution >= 0.6 is 19.8 Å². The Labute approximate surface area is 204 Å². The van der Waals surface area contributed by atoms with Gasteiger partial charge in [-0.1, -0.05) is 0 Å². The topological polar surface area (TPSA) is 0 Å². The molecule has 172 valence electrons. The molecule has 2 aromatic rings. The van der Waals surface area contributed by atoms with Gasteiger partial charge in [-0.05, 0) is 0 Å². The fraction of sp³-hybridized carbons (Fsp3) is 0.484. The van der Waals surface area contributed by atoms with Gasteiger partial charge in [0.1, 0.15) is 0 Å². The maximum absolute atomic E-state index is 4.76. The van der Waals surface area contributed by atoms with E-state index in [0.29, 0.717) is 0 Å². The van der Waals surface area contributed by atoms with Gasteiger partial charge in [0.2, 0.25) is 0 Å². The third-order valence-electron chi connectivity index (χ3n) is 8.28. The average Bonchev–Trinajstić information content (AvgIpc) is 3.06. The molecule has 0 saturated heterocycles. The van der Waals surface area contributed by atoms with Crippen molar-refractivity contribution in [1.29, 1.82) is 0 Å². The first kappa shape index (κ1) is 23.8. The van der Waals surface area contributed by atoms with Crippen LogP contribution in [0.4, 0.5) is 0 Å². The number of hydrogen-bond donors (Lipinski definition) is 0. The van der Waals surface area contributed by atoms with E-state index in [1.54, 1.807) is 12.7 Å². The van der Waals surface area contributed by atoms with Crippen molar-refractivity contribution >= 4 is 19.8 Å². The van der Waals surface area contributed by atoms with Gasteiger partial charge in [0.25, 0.3) is 0 Å². The van der Waals surface area contributed by atoms with Gasteiger partial charge in [0.15, 0.2) is 0 Å². The van der Waals surface area contributed by atoms with E-state index in [9.17, 15) is 0 Å². The molecule has 4 atom stereocenters. The summed E-state index contributed by atoms with van der Waals surface area (Å²) in [6, 6.07) is 16.4. The molecule has 2 aromatic carbocycles. The summed E-state index contributed by atoms with van der Waals surface area (Å²) < 4.78 is 4.57. The van der Waals surface area contributed by atoms with Crippen LogP contribution in [0.25, 0.3) is 0 Å². The van der Waals surface area contributed by atoms with E-state index in [1.165, 1.54) is 52.4 Å². The number of halogens is 1. The van der Waals surface area contributed by atoms with Crippen molar-refractivity contribution in [3.05, 3.63) is 90.6 Å². The summed E-state index contributed by atoms with van der Waals surface area (Å²) in [5.74, 6) is 2.60. The molecule has 1 fully saturated rings. The van der Waals surface area contributed by atoms with Crippen molar-refractivity contribution < 1.29 is 0 Å². The van der Waals surface area contributed by atoms with Crippen molar-refractivity contribution in [2.45, 2.75) is 72.1 Å². The Bertz CT molecular complexity index is 998. The van der Waals surface area contributed by atoms with E-state index in [1.807, 2.05) is 0 Å². The van der Waals surface area contributed by atoms with Crippen LogP contribution in [-0.4, -0.2) is 4.43 Å². The molecule has 1 aliphatic heterocycles. The molecule has 32 heavy (non-hydrogen) atoms. The van der Waals surface area contributed by atoms with Gasteiger partial charge >= 0.3 is 205 Å². The predicted octanol–water partition coefficient (Wildman–Crippen LogP) is 9.09. The van der Waals surface area contributed by atoms with Crippen molar-refractivity contribution in [2.24, 2.45) is 17.8 Å². The molecule has 3 unspecified atom stereocenters. The Morgan fingerprint density at radius 3 is 2.34 bits per heavy atom. The summed E-state index contributed by atoms with van der Waals surface area (Å²) >= 11 is -1.48. The number of rotatable bonds is 6. The molecule has 0 nitrogen and oxygen atoms in total. The van der Waals surface area contributed by atoms with E-state index in [2.05, 4.69) is 83.7 Å². The van der Waals surface area contributed by atoms with Gasteiger partial charge in [-0.15, -0.1) is 0 Å². The average molecular weight is 541 g/mol. The summed E-state index contributed by atoms with van der Waals surface area (Å²) in [4.78, 5) is 0. The predicted molar refractivity (Wildman–Crippen MR) is 150 cm³/mol. The third kappa shape index (κ3) is 4.79. The van der Waals surface area contributed by atoms with Crippen LogP contribution in [0.15, 0.2) is 64.8 Å². The molecule has 1 heterocycles. The van der Waals surface area contributed by atoms with Crippen molar-refractivity contribution in [2.75, 3.05) is 4.43 Å². The zero-order valence-electron chi connectivity index (χ0n) is 20.8. The fourth-order valence-electron chi connectivity index (χ4n) is 5.49. The maximum atomic E-state index is 4.76. The van der Waals surface area contributed by atoms with Crippen LogP contribution in [0, 0.1) is 28.2 Å². The molecule has 1 heteroatoms. The Morgan fingerprint density at radius 1 is 1.00 bits per heavy atom. The summed E-state index contributed by atoms with van der Waals surface area (Å²) in [6.07, 6.45) is 6.46. The second kappa shape index (κ2) is 9.49. The third-order valence-corrected chi connectivity index (χ3v) is 15.2. The quantitative estimate of drug-likeness (QED) is 0.195. The molecule has 1 saturated carbocycles. The SMILES string of the molecule is C=C(CC1CC[C@@H](C)C(C)C1)I1CC(C)(C(=C)C)c2ccc(Cc3ccc(C)cc3)cc21. The first-order valence-corrected chi connectivity index (χ1v) is 16.0. The minimum atomic E-state index is -1.48. The normalized spacial score (nSPS) is 28.4. The Hall–Kier alpha value is -1.35. The van der Waals surface area contributed by atoms with Gasteiger partial charge in [0.05, 0.1) is 0 Å². The first-order chi connectivity index (χ1) is 15.2. The van der Waals surface area contributed by atoms with Gasteiger partial charge in [-0.3, -0.25) is 0 Å². The van der Waals surface area contributed by atoms with Crippen molar-refractivity contribution in [1.82, 2.24) is 0 Å². The summed E-state index contributed by atoms with van der Waals surface area (Å²) in [5.41, 5.74) is 7.18. The second-order valence-corrected chi connectivity index (χ2v) is 16.5. The van der Waals surface area contributed by atoms with Crippen LogP contribution in [0.5, 0.6) is 0 Å². The van der Waals surface area contributed by atoms with E-state index in [-0.39, 0.29) is 5.41 Å². The monoisotopic (exact) mass is 540 g/mol. The summed E-state index contributed by atoms with van der Waals surface area (Å²) in [6.45, 7) is 20.9. The summed E-state index contributed by atoms with van der Waals surface area (Å²) in [7, 11) is 0. The molecule has 2 aliphatic rings. The zero-order chi connectivity index (χ0) is 23.0. The van der Waals surface area contributed by atoms with Gasteiger partial charge in [-0.25, -0.2) is 0 Å². The van der Waals surface area contributed by atoms with Crippen LogP contribution < -0.4 is 0 Å². The number of allylic oxidation sites excluding steroid dienone is 2. The number of fused-ring (bicyclic) bond motifs is 1.